The highest BCUT2D eigenvalue weighted by Gasteiger charge is 2.54. The summed E-state index contributed by atoms with van der Waals surface area (Å²) in [5.74, 6) is -3.63. The molecule has 0 radical (unpaired) electrons. The second kappa shape index (κ2) is 9.43. The van der Waals surface area contributed by atoms with Crippen molar-refractivity contribution in [1.82, 2.24) is 19.2 Å². The van der Waals surface area contributed by atoms with Crippen LogP contribution in [-0.2, 0) is 36.1 Å². The predicted molar refractivity (Wildman–Crippen MR) is 121 cm³/mol. The molecule has 1 aliphatic heterocycles. The van der Waals surface area contributed by atoms with Crippen LogP contribution in [0.5, 0.6) is 0 Å². The van der Waals surface area contributed by atoms with Gasteiger partial charge in [0.05, 0.1) is 6.04 Å². The molecular formula is C18H20N6O9S2. The summed E-state index contributed by atoms with van der Waals surface area (Å²) in [7, 11) is -5.00. The smallest absolute Gasteiger partial charge is 0.362 e. The van der Waals surface area contributed by atoms with Gasteiger partial charge < -0.3 is 25.6 Å². The number of hydrogen-bond acceptors (Lipinski definition) is 11. The normalized spacial score (nSPS) is 18.7. The van der Waals surface area contributed by atoms with E-state index in [1.165, 1.54) is 43.6 Å². The summed E-state index contributed by atoms with van der Waals surface area (Å²) in [5.41, 5.74) is 2.60. The number of nitrogen functional groups attached to an aromatic ring is 1. The first-order chi connectivity index (χ1) is 16.2. The number of rotatable bonds is 9. The number of aromatic nitrogens is 2. The Balaban J connectivity index is 1.92. The second-order valence-electron chi connectivity index (χ2n) is 7.74. The summed E-state index contributed by atoms with van der Waals surface area (Å²) in [5, 5.41) is 16.5. The number of thiazole rings is 1. The van der Waals surface area contributed by atoms with E-state index in [1.807, 2.05) is 0 Å². The third-order valence-corrected chi connectivity index (χ3v) is 6.47. The van der Waals surface area contributed by atoms with Crippen molar-refractivity contribution in [2.24, 2.45) is 5.16 Å². The van der Waals surface area contributed by atoms with Crippen molar-refractivity contribution in [3.63, 3.8) is 0 Å². The molecule has 0 aliphatic carbocycles. The van der Waals surface area contributed by atoms with Crippen LogP contribution >= 0.6 is 11.3 Å². The number of nitrogens with one attached hydrogen (secondary N) is 1. The molecule has 2 aromatic heterocycles. The molecular weight excluding hydrogens is 508 g/mol. The van der Waals surface area contributed by atoms with E-state index in [1.54, 1.807) is 0 Å². The Hall–Kier alpha value is -3.83. The number of β-lactam (4-membered cyclic amide) rings is 1. The fourth-order valence-corrected chi connectivity index (χ4v) is 4.38. The monoisotopic (exact) mass is 528 g/mol. The highest BCUT2D eigenvalue weighted by Crippen LogP contribution is 2.25. The van der Waals surface area contributed by atoms with Gasteiger partial charge in [-0.05, 0) is 19.9 Å². The molecule has 35 heavy (non-hydrogen) atoms. The zero-order valence-electron chi connectivity index (χ0n) is 18.2. The van der Waals surface area contributed by atoms with Gasteiger partial charge in [-0.15, -0.1) is 11.3 Å². The first-order valence-corrected chi connectivity index (χ1v) is 12.0. The van der Waals surface area contributed by atoms with Crippen LogP contribution in [0.4, 0.5) is 5.13 Å². The van der Waals surface area contributed by atoms with Gasteiger partial charge in [-0.1, -0.05) is 11.2 Å². The van der Waals surface area contributed by atoms with Crippen LogP contribution in [0.3, 0.4) is 0 Å². The van der Waals surface area contributed by atoms with Crippen LogP contribution in [-0.4, -0.2) is 73.1 Å². The number of anilines is 1. The first-order valence-electron chi connectivity index (χ1n) is 9.70. The van der Waals surface area contributed by atoms with E-state index in [9.17, 15) is 37.3 Å². The van der Waals surface area contributed by atoms with Crippen LogP contribution < -0.4 is 16.6 Å². The molecule has 0 aromatic carbocycles. The lowest BCUT2D eigenvalue weighted by Crippen LogP contribution is -2.73. The number of carboxylic acid groups (broad SMARTS) is 1. The van der Waals surface area contributed by atoms with Crippen molar-refractivity contribution in [2.75, 3.05) is 5.73 Å². The van der Waals surface area contributed by atoms with Crippen molar-refractivity contribution in [3.05, 3.63) is 45.8 Å². The molecule has 2 amide bonds. The topological polar surface area (TPSA) is 224 Å². The molecule has 188 valence electrons. The third-order valence-electron chi connectivity index (χ3n) is 4.85. The lowest BCUT2D eigenvalue weighted by Gasteiger charge is -2.44. The molecule has 1 aliphatic rings. The number of oxime groups is 1. The van der Waals surface area contributed by atoms with E-state index in [2.05, 4.69) is 15.5 Å². The van der Waals surface area contributed by atoms with Gasteiger partial charge >= 0.3 is 16.3 Å². The molecule has 0 bridgehead atoms. The van der Waals surface area contributed by atoms with E-state index >= 15 is 0 Å². The number of carboxylic acids is 1. The summed E-state index contributed by atoms with van der Waals surface area (Å²) in [4.78, 5) is 57.8. The van der Waals surface area contributed by atoms with E-state index < -0.39 is 57.0 Å². The fourth-order valence-electron chi connectivity index (χ4n) is 2.96. The average Bonchev–Trinajstić information content (AvgIpc) is 3.17. The minimum Gasteiger partial charge on any atom is -0.478 e. The molecule has 0 spiro atoms. The Morgan fingerprint density at radius 1 is 1.34 bits per heavy atom. The van der Waals surface area contributed by atoms with Crippen molar-refractivity contribution < 1.29 is 37.3 Å². The third kappa shape index (κ3) is 5.47. The summed E-state index contributed by atoms with van der Waals surface area (Å²) in [6, 6.07) is 1.28. The highest BCUT2D eigenvalue weighted by atomic mass is 32.2. The minimum atomic E-state index is -5.00. The van der Waals surface area contributed by atoms with E-state index in [-0.39, 0.29) is 21.7 Å². The molecule has 1 saturated heterocycles. The number of hydrogen-bond donors (Lipinski definition) is 4. The van der Waals surface area contributed by atoms with Crippen LogP contribution in [0.25, 0.3) is 0 Å². The Morgan fingerprint density at radius 3 is 2.57 bits per heavy atom. The van der Waals surface area contributed by atoms with Gasteiger partial charge in [0.25, 0.3) is 17.4 Å². The SMILES string of the molecule is CC(C)(O/N=C(\C(=O)NC1C(=O)N(S(=O)(=O)O)C1Cn1ccccc1=O)c1csc(N)n1)C(=O)O. The van der Waals surface area contributed by atoms with Gasteiger partial charge in [-0.25, -0.2) is 14.1 Å². The van der Waals surface area contributed by atoms with Gasteiger partial charge in [-0.3, -0.25) is 18.9 Å². The van der Waals surface area contributed by atoms with Gasteiger partial charge in [0.1, 0.15) is 11.7 Å². The quantitative estimate of drug-likeness (QED) is 0.129. The van der Waals surface area contributed by atoms with Gasteiger partial charge in [0, 0.05) is 24.2 Å². The van der Waals surface area contributed by atoms with E-state index in [0.717, 1.165) is 15.9 Å². The maximum absolute atomic E-state index is 13.0. The summed E-state index contributed by atoms with van der Waals surface area (Å²) in [6.07, 6.45) is 1.33. The molecule has 5 N–H and O–H groups in total. The average molecular weight is 529 g/mol. The molecule has 3 heterocycles. The minimum absolute atomic E-state index is 0.0524. The maximum Gasteiger partial charge on any atom is 0.362 e. The van der Waals surface area contributed by atoms with Crippen molar-refractivity contribution >= 4 is 50.3 Å². The summed E-state index contributed by atoms with van der Waals surface area (Å²) >= 11 is 0.945. The molecule has 1 fully saturated rings. The zero-order chi connectivity index (χ0) is 26.1. The van der Waals surface area contributed by atoms with Crippen molar-refractivity contribution in [2.45, 2.75) is 38.1 Å². The molecule has 3 rings (SSSR count). The number of nitrogens with zero attached hydrogens (tertiary/aromatic N) is 4. The number of carbonyl (C=O) groups excluding carboxylic acids is 2. The molecule has 2 aromatic rings. The number of amides is 2. The van der Waals surface area contributed by atoms with Crippen molar-refractivity contribution in [1.29, 1.82) is 0 Å². The number of carbonyl (C=O) groups is 3. The lowest BCUT2D eigenvalue weighted by molar-refractivity contribution is -0.161. The molecule has 17 heteroatoms. The Labute approximate surface area is 201 Å². The van der Waals surface area contributed by atoms with Gasteiger partial charge in [-0.2, -0.15) is 8.42 Å². The van der Waals surface area contributed by atoms with Crippen LogP contribution in [0, 0.1) is 0 Å². The number of aliphatic carboxylic acids is 1. The fraction of sp³-hybridized carbons (Fsp3) is 0.333. The lowest BCUT2D eigenvalue weighted by atomic mass is 9.98. The maximum atomic E-state index is 13.0. The first kappa shape index (κ1) is 25.8. The van der Waals surface area contributed by atoms with E-state index in [0.29, 0.717) is 0 Å². The largest absolute Gasteiger partial charge is 0.478 e. The number of nitrogens with two attached hydrogens (primary N) is 1. The molecule has 15 nitrogen and oxygen atoms in total. The Bertz CT molecular complexity index is 1360. The van der Waals surface area contributed by atoms with Gasteiger partial charge in [0.15, 0.2) is 10.8 Å². The Morgan fingerprint density at radius 2 is 2.03 bits per heavy atom. The standard InChI is InChI=1S/C18H20N6O9S2/c1-18(2,16(28)29)33-22-12(9-8-34-17(19)20-9)14(26)21-13-10(24(15(13)27)35(30,31)32)7-23-6-4-3-5-11(23)25/h3-6,8,10,13H,7H2,1-2H3,(H2,19,20)(H,21,26)(H,28,29)(H,30,31,32)/b22-12-. The van der Waals surface area contributed by atoms with Crippen LogP contribution in [0.1, 0.15) is 19.5 Å². The zero-order valence-corrected chi connectivity index (χ0v) is 19.8. The highest BCUT2D eigenvalue weighted by molar-refractivity contribution is 7.84. The summed E-state index contributed by atoms with van der Waals surface area (Å²) in [6.45, 7) is 1.97. The molecule has 0 saturated carbocycles. The van der Waals surface area contributed by atoms with Crippen molar-refractivity contribution in [3.8, 4) is 0 Å². The van der Waals surface area contributed by atoms with Gasteiger partial charge in [0.2, 0.25) is 5.60 Å². The predicted octanol–water partition coefficient (Wildman–Crippen LogP) is -1.33. The van der Waals surface area contributed by atoms with Crippen LogP contribution in [0.2, 0.25) is 0 Å². The second-order valence-corrected chi connectivity index (χ2v) is 9.92. The number of pyridine rings is 1. The molecule has 2 unspecified atom stereocenters. The Kier molecular flexibility index (Phi) is 6.95. The summed E-state index contributed by atoms with van der Waals surface area (Å²) < 4.78 is 34.1. The van der Waals surface area contributed by atoms with Crippen LogP contribution in [0.15, 0.2) is 39.7 Å². The van der Waals surface area contributed by atoms with E-state index in [4.69, 9.17) is 10.6 Å². The molecule has 2 atom stereocenters.